The van der Waals surface area contributed by atoms with Crippen molar-refractivity contribution in [2.75, 3.05) is 10.6 Å². The number of nitrogens with two attached hydrogens (primary N) is 1. The molecule has 4 N–H and O–H groups in total. The first-order valence-corrected chi connectivity index (χ1v) is 13.4. The van der Waals surface area contributed by atoms with E-state index in [-0.39, 0.29) is 33.6 Å². The Morgan fingerprint density at radius 1 is 1.05 bits per heavy atom. The van der Waals surface area contributed by atoms with E-state index in [4.69, 9.17) is 5.73 Å². The molecule has 1 unspecified atom stereocenters. The first-order chi connectivity index (χ1) is 18.4. The zero-order valence-electron chi connectivity index (χ0n) is 22.0. The van der Waals surface area contributed by atoms with Crippen LogP contribution in [0.3, 0.4) is 0 Å². The third kappa shape index (κ3) is 6.59. The van der Waals surface area contributed by atoms with E-state index in [2.05, 4.69) is 15.0 Å². The Bertz CT molecular complexity index is 1360. The Labute approximate surface area is 229 Å². The highest BCUT2D eigenvalue weighted by Gasteiger charge is 2.37. The van der Waals surface area contributed by atoms with Crippen LogP contribution in [0.2, 0.25) is 0 Å². The fourth-order valence-corrected chi connectivity index (χ4v) is 5.29. The number of nitrogen functional groups attached to an aromatic ring is 1. The van der Waals surface area contributed by atoms with Crippen LogP contribution in [0.5, 0.6) is 0 Å². The van der Waals surface area contributed by atoms with Crippen LogP contribution in [0.1, 0.15) is 78.2 Å². The molecule has 0 radical (unpaired) electrons. The van der Waals surface area contributed by atoms with Crippen LogP contribution >= 0.6 is 11.5 Å². The van der Waals surface area contributed by atoms with Crippen molar-refractivity contribution in [3.63, 3.8) is 0 Å². The maximum absolute atomic E-state index is 14.4. The van der Waals surface area contributed by atoms with Gasteiger partial charge in [-0.15, -0.1) is 0 Å². The van der Waals surface area contributed by atoms with E-state index in [0.717, 1.165) is 48.2 Å². The van der Waals surface area contributed by atoms with Gasteiger partial charge in [0.15, 0.2) is 5.69 Å². The summed E-state index contributed by atoms with van der Waals surface area (Å²) < 4.78 is 32.4. The fourth-order valence-electron chi connectivity index (χ4n) is 4.56. The van der Waals surface area contributed by atoms with Gasteiger partial charge in [-0.3, -0.25) is 19.3 Å². The van der Waals surface area contributed by atoms with Crippen molar-refractivity contribution in [3.8, 4) is 0 Å². The average molecular weight is 556 g/mol. The maximum Gasteiger partial charge on any atom is 0.273 e. The zero-order valence-corrected chi connectivity index (χ0v) is 22.8. The number of hydrogen-bond donors (Lipinski definition) is 3. The molecular weight excluding hydrogens is 524 g/mol. The lowest BCUT2D eigenvalue weighted by molar-refractivity contribution is -0.123. The molecule has 1 fully saturated rings. The maximum atomic E-state index is 14.4. The molecule has 8 nitrogen and oxygen atoms in total. The number of carbonyl (C=O) groups is 3. The van der Waals surface area contributed by atoms with E-state index < -0.39 is 40.9 Å². The summed E-state index contributed by atoms with van der Waals surface area (Å²) in [5.74, 6) is -2.97. The van der Waals surface area contributed by atoms with Gasteiger partial charge in [-0.1, -0.05) is 31.0 Å². The summed E-state index contributed by atoms with van der Waals surface area (Å²) in [4.78, 5) is 41.7. The first kappa shape index (κ1) is 28.2. The number of rotatable bonds is 7. The van der Waals surface area contributed by atoms with Gasteiger partial charge < -0.3 is 16.4 Å². The lowest BCUT2D eigenvalue weighted by Gasteiger charge is -2.33. The van der Waals surface area contributed by atoms with Gasteiger partial charge in [-0.05, 0) is 81.0 Å². The van der Waals surface area contributed by atoms with E-state index in [1.165, 1.54) is 42.5 Å². The highest BCUT2D eigenvalue weighted by molar-refractivity contribution is 7.09. The molecule has 0 spiro atoms. The van der Waals surface area contributed by atoms with E-state index in [9.17, 15) is 23.2 Å². The lowest BCUT2D eigenvalue weighted by Crippen LogP contribution is -2.49. The van der Waals surface area contributed by atoms with Gasteiger partial charge in [-0.25, -0.2) is 8.78 Å². The molecular formula is C28H31F2N5O3S. The number of amides is 3. The molecule has 4 rings (SSSR count). The smallest absolute Gasteiger partial charge is 0.273 e. The SMILES string of the molecule is CC(C)(C)NC(=O)C(c1ccc(F)cc1)N(C(=O)c1snc(C(=O)NC2CCCC2)c1N)c1cccc(F)c1. The monoisotopic (exact) mass is 555 g/mol. The van der Waals surface area contributed by atoms with Gasteiger partial charge in [-0.2, -0.15) is 4.37 Å². The molecule has 2 aromatic carbocycles. The first-order valence-electron chi connectivity index (χ1n) is 12.7. The van der Waals surface area contributed by atoms with Crippen LogP contribution in [0, 0.1) is 11.6 Å². The third-order valence-corrected chi connectivity index (χ3v) is 7.17. The number of nitrogens with one attached hydrogen (secondary N) is 2. The molecule has 3 amide bonds. The predicted molar refractivity (Wildman–Crippen MR) is 146 cm³/mol. The molecule has 1 heterocycles. The quantitative estimate of drug-likeness (QED) is 0.380. The molecule has 206 valence electrons. The largest absolute Gasteiger partial charge is 0.395 e. The summed E-state index contributed by atoms with van der Waals surface area (Å²) in [6, 6.07) is 9.03. The molecule has 1 aliphatic carbocycles. The van der Waals surface area contributed by atoms with E-state index in [0.29, 0.717) is 0 Å². The van der Waals surface area contributed by atoms with Crippen LogP contribution < -0.4 is 21.3 Å². The number of aromatic nitrogens is 1. The molecule has 0 saturated heterocycles. The minimum atomic E-state index is -1.32. The van der Waals surface area contributed by atoms with Gasteiger partial charge in [0.2, 0.25) is 5.91 Å². The van der Waals surface area contributed by atoms with E-state index >= 15 is 0 Å². The summed E-state index contributed by atoms with van der Waals surface area (Å²) in [6.45, 7) is 5.33. The molecule has 39 heavy (non-hydrogen) atoms. The third-order valence-electron chi connectivity index (χ3n) is 6.32. The van der Waals surface area contributed by atoms with Crippen molar-refractivity contribution < 1.29 is 23.2 Å². The Morgan fingerprint density at radius 2 is 1.72 bits per heavy atom. The van der Waals surface area contributed by atoms with Crippen molar-refractivity contribution >= 4 is 40.6 Å². The second kappa shape index (κ2) is 11.5. The Kier molecular flexibility index (Phi) is 8.29. The lowest BCUT2D eigenvalue weighted by atomic mass is 10.0. The number of hydrogen-bond acceptors (Lipinski definition) is 6. The molecule has 1 atom stereocenters. The minimum Gasteiger partial charge on any atom is -0.395 e. The summed E-state index contributed by atoms with van der Waals surface area (Å²) in [7, 11) is 0. The number of carbonyl (C=O) groups excluding carboxylic acids is 3. The number of halogens is 2. The Hall–Kier alpha value is -3.86. The molecule has 1 aromatic heterocycles. The van der Waals surface area contributed by atoms with Crippen molar-refractivity contribution in [3.05, 3.63) is 76.3 Å². The zero-order chi connectivity index (χ0) is 28.3. The summed E-state index contributed by atoms with van der Waals surface area (Å²) >= 11 is 0.725. The van der Waals surface area contributed by atoms with Crippen molar-refractivity contribution in [1.29, 1.82) is 0 Å². The predicted octanol–water partition coefficient (Wildman–Crippen LogP) is 4.98. The molecule has 0 bridgehead atoms. The van der Waals surface area contributed by atoms with Gasteiger partial charge in [0.25, 0.3) is 11.8 Å². The number of nitrogens with zero attached hydrogens (tertiary/aromatic N) is 2. The van der Waals surface area contributed by atoms with Crippen LogP contribution in [-0.4, -0.2) is 33.7 Å². The van der Waals surface area contributed by atoms with E-state index in [1.807, 2.05) is 0 Å². The van der Waals surface area contributed by atoms with Crippen LogP contribution in [0.4, 0.5) is 20.2 Å². The summed E-state index contributed by atoms with van der Waals surface area (Å²) in [6.07, 6.45) is 3.75. The van der Waals surface area contributed by atoms with E-state index in [1.54, 1.807) is 20.8 Å². The molecule has 1 saturated carbocycles. The standard InChI is InChI=1S/C28H31F2N5O3S/c1-28(2,3)33-26(37)23(16-11-13-17(29)14-12-16)35(20-10-6-7-18(30)15-20)27(38)24-21(31)22(34-39-24)25(36)32-19-8-4-5-9-19/h6-7,10-15,19,23H,4-5,8-9,31H2,1-3H3,(H,32,36)(H,33,37). The van der Waals surface area contributed by atoms with Gasteiger partial charge in [0.05, 0.1) is 5.69 Å². The average Bonchev–Trinajstić information content (AvgIpc) is 3.51. The van der Waals surface area contributed by atoms with Crippen molar-refractivity contribution in [1.82, 2.24) is 15.0 Å². The van der Waals surface area contributed by atoms with Crippen LogP contribution in [0.15, 0.2) is 48.5 Å². The highest BCUT2D eigenvalue weighted by atomic mass is 32.1. The molecule has 11 heteroatoms. The van der Waals surface area contributed by atoms with Crippen LogP contribution in [-0.2, 0) is 4.79 Å². The van der Waals surface area contributed by atoms with Gasteiger partial charge in [0, 0.05) is 17.3 Å². The normalized spacial score (nSPS) is 14.6. The summed E-state index contributed by atoms with van der Waals surface area (Å²) in [5, 5.41) is 5.76. The minimum absolute atomic E-state index is 0.0190. The Morgan fingerprint density at radius 3 is 2.33 bits per heavy atom. The second-order valence-electron chi connectivity index (χ2n) is 10.6. The highest BCUT2D eigenvalue weighted by Crippen LogP contribution is 2.34. The van der Waals surface area contributed by atoms with Crippen LogP contribution in [0.25, 0.3) is 0 Å². The molecule has 0 aliphatic heterocycles. The van der Waals surface area contributed by atoms with Crippen molar-refractivity contribution in [2.45, 2.75) is 64.1 Å². The Balaban J connectivity index is 1.79. The fraction of sp³-hybridized carbons (Fsp3) is 0.357. The van der Waals surface area contributed by atoms with Crippen molar-refractivity contribution in [2.24, 2.45) is 0 Å². The second-order valence-corrected chi connectivity index (χ2v) is 11.4. The number of benzene rings is 2. The molecule has 1 aliphatic rings. The topological polar surface area (TPSA) is 117 Å². The summed E-state index contributed by atoms with van der Waals surface area (Å²) in [5.41, 5.74) is 5.75. The van der Waals surface area contributed by atoms with Gasteiger partial charge >= 0.3 is 0 Å². The van der Waals surface area contributed by atoms with Gasteiger partial charge in [0.1, 0.15) is 22.6 Å². The molecule has 3 aromatic rings. The number of anilines is 2.